The molecular weight excluding hydrogens is 300 g/mol. The molecule has 1 amide bonds. The van der Waals surface area contributed by atoms with Crippen LogP contribution in [0, 0.1) is 11.3 Å². The minimum atomic E-state index is 0.0706. The lowest BCUT2D eigenvalue weighted by atomic mass is 9.78. The number of nitrogens with zero attached hydrogens (tertiary/aromatic N) is 2. The molecule has 1 spiro atoms. The Hall–Kier alpha value is -1.29. The molecule has 3 aliphatic rings. The first-order valence-corrected chi connectivity index (χ1v) is 9.79. The lowest BCUT2D eigenvalue weighted by molar-refractivity contribution is 0.0612. The quantitative estimate of drug-likeness (QED) is 0.846. The smallest absolute Gasteiger partial charge is 0.289 e. The molecular formula is C20H30N2O2. The summed E-state index contributed by atoms with van der Waals surface area (Å²) >= 11 is 0. The van der Waals surface area contributed by atoms with Crippen molar-refractivity contribution in [3.05, 3.63) is 24.2 Å². The van der Waals surface area contributed by atoms with E-state index in [1.54, 1.807) is 18.4 Å². The standard InChI is InChI=1S/C20H30N2O2/c23-19(18-8-4-13-24-18)22-12-10-20(16-22)9-5-11-21(15-20)14-17-6-2-1-3-7-17/h4,8,13,17H,1-3,5-7,9-12,14-16H2/t20-/m0/s1. The molecule has 3 fully saturated rings. The molecule has 24 heavy (non-hydrogen) atoms. The summed E-state index contributed by atoms with van der Waals surface area (Å²) in [6, 6.07) is 3.58. The van der Waals surface area contributed by atoms with Crippen molar-refractivity contribution in [2.45, 2.75) is 51.4 Å². The topological polar surface area (TPSA) is 36.7 Å². The fraction of sp³-hybridized carbons (Fsp3) is 0.750. The molecule has 0 bridgehead atoms. The van der Waals surface area contributed by atoms with Gasteiger partial charge in [0.25, 0.3) is 5.91 Å². The van der Waals surface area contributed by atoms with Crippen molar-refractivity contribution < 1.29 is 9.21 Å². The number of rotatable bonds is 3. The summed E-state index contributed by atoms with van der Waals surface area (Å²) in [5.74, 6) is 1.47. The highest BCUT2D eigenvalue weighted by molar-refractivity contribution is 5.91. The van der Waals surface area contributed by atoms with Gasteiger partial charge in [0.05, 0.1) is 6.26 Å². The van der Waals surface area contributed by atoms with Crippen molar-refractivity contribution >= 4 is 5.91 Å². The third-order valence-corrected chi connectivity index (χ3v) is 6.44. The van der Waals surface area contributed by atoms with Crippen LogP contribution in [0.25, 0.3) is 0 Å². The van der Waals surface area contributed by atoms with E-state index in [0.717, 1.165) is 25.4 Å². The second-order valence-corrected chi connectivity index (χ2v) is 8.30. The van der Waals surface area contributed by atoms with Crippen LogP contribution in [0.2, 0.25) is 0 Å². The number of carbonyl (C=O) groups excluding carboxylic acids is 1. The Balaban J connectivity index is 1.36. The predicted molar refractivity (Wildman–Crippen MR) is 93.9 cm³/mol. The molecule has 1 aliphatic carbocycles. The van der Waals surface area contributed by atoms with E-state index in [4.69, 9.17) is 4.42 Å². The lowest BCUT2D eigenvalue weighted by Crippen LogP contribution is -2.47. The van der Waals surface area contributed by atoms with Gasteiger partial charge in [-0.15, -0.1) is 0 Å². The monoisotopic (exact) mass is 330 g/mol. The highest BCUT2D eigenvalue weighted by Crippen LogP contribution is 2.40. The number of amides is 1. The molecule has 0 N–H and O–H groups in total. The first kappa shape index (κ1) is 16.2. The largest absolute Gasteiger partial charge is 0.459 e. The van der Waals surface area contributed by atoms with Gasteiger partial charge in [0, 0.05) is 31.6 Å². The number of piperidine rings is 1. The molecule has 1 aromatic rings. The van der Waals surface area contributed by atoms with Gasteiger partial charge < -0.3 is 14.2 Å². The van der Waals surface area contributed by atoms with Gasteiger partial charge in [0.2, 0.25) is 0 Å². The molecule has 2 saturated heterocycles. The van der Waals surface area contributed by atoms with Crippen molar-refractivity contribution in [2.24, 2.45) is 11.3 Å². The molecule has 1 aromatic heterocycles. The third kappa shape index (κ3) is 3.39. The van der Waals surface area contributed by atoms with E-state index in [2.05, 4.69) is 4.90 Å². The summed E-state index contributed by atoms with van der Waals surface area (Å²) in [7, 11) is 0. The zero-order valence-corrected chi connectivity index (χ0v) is 14.7. The van der Waals surface area contributed by atoms with Crippen LogP contribution >= 0.6 is 0 Å². The van der Waals surface area contributed by atoms with Crippen LogP contribution in [0.3, 0.4) is 0 Å². The molecule has 0 aromatic carbocycles. The van der Waals surface area contributed by atoms with E-state index >= 15 is 0 Å². The lowest BCUT2D eigenvalue weighted by Gasteiger charge is -2.42. The molecule has 0 radical (unpaired) electrons. The van der Waals surface area contributed by atoms with Gasteiger partial charge in [-0.25, -0.2) is 0 Å². The fourth-order valence-electron chi connectivity index (χ4n) is 5.20. The number of furan rings is 1. The average Bonchev–Trinajstić information content (AvgIpc) is 3.26. The van der Waals surface area contributed by atoms with Crippen molar-refractivity contribution in [1.82, 2.24) is 9.80 Å². The first-order chi connectivity index (χ1) is 11.7. The number of likely N-dealkylation sites (tertiary alicyclic amines) is 2. The summed E-state index contributed by atoms with van der Waals surface area (Å²) in [6.45, 7) is 5.52. The van der Waals surface area contributed by atoms with E-state index in [1.165, 1.54) is 64.6 Å². The van der Waals surface area contributed by atoms with Crippen LogP contribution in [-0.4, -0.2) is 48.4 Å². The molecule has 0 unspecified atom stereocenters. The minimum absolute atomic E-state index is 0.0706. The Bertz CT molecular complexity index is 550. The van der Waals surface area contributed by atoms with Gasteiger partial charge in [-0.05, 0) is 56.7 Å². The SMILES string of the molecule is O=C(c1ccco1)N1CC[C@]2(CCCN(CC3CCCCC3)C2)C1. The number of carbonyl (C=O) groups is 1. The molecule has 1 atom stereocenters. The van der Waals surface area contributed by atoms with Crippen LogP contribution in [0.1, 0.15) is 61.9 Å². The highest BCUT2D eigenvalue weighted by atomic mass is 16.3. The molecule has 3 heterocycles. The van der Waals surface area contributed by atoms with Crippen LogP contribution in [0.15, 0.2) is 22.8 Å². The highest BCUT2D eigenvalue weighted by Gasteiger charge is 2.43. The predicted octanol–water partition coefficient (Wildman–Crippen LogP) is 3.79. The Labute approximate surface area is 145 Å². The molecule has 4 heteroatoms. The summed E-state index contributed by atoms with van der Waals surface area (Å²) in [6.07, 6.45) is 12.4. The van der Waals surface area contributed by atoms with Crippen molar-refractivity contribution in [3.63, 3.8) is 0 Å². The van der Waals surface area contributed by atoms with Crippen LogP contribution < -0.4 is 0 Å². The van der Waals surface area contributed by atoms with Gasteiger partial charge in [-0.2, -0.15) is 0 Å². The summed E-state index contributed by atoms with van der Waals surface area (Å²) in [5.41, 5.74) is 0.329. The molecule has 1 saturated carbocycles. The van der Waals surface area contributed by atoms with Gasteiger partial charge in [0.1, 0.15) is 0 Å². The fourth-order valence-corrected chi connectivity index (χ4v) is 5.20. The van der Waals surface area contributed by atoms with Gasteiger partial charge in [-0.1, -0.05) is 19.3 Å². The summed E-state index contributed by atoms with van der Waals surface area (Å²) in [4.78, 5) is 17.3. The van der Waals surface area contributed by atoms with E-state index in [0.29, 0.717) is 11.2 Å². The van der Waals surface area contributed by atoms with Crippen LogP contribution in [0.5, 0.6) is 0 Å². The van der Waals surface area contributed by atoms with Gasteiger partial charge in [-0.3, -0.25) is 4.79 Å². The Morgan fingerprint density at radius 1 is 1.12 bits per heavy atom. The Morgan fingerprint density at radius 2 is 2.00 bits per heavy atom. The van der Waals surface area contributed by atoms with Crippen molar-refractivity contribution in [2.75, 3.05) is 32.7 Å². The van der Waals surface area contributed by atoms with E-state index in [-0.39, 0.29) is 5.91 Å². The summed E-state index contributed by atoms with van der Waals surface area (Å²) in [5, 5.41) is 0. The maximum absolute atomic E-state index is 12.6. The van der Waals surface area contributed by atoms with Crippen molar-refractivity contribution in [1.29, 1.82) is 0 Å². The molecule has 2 aliphatic heterocycles. The first-order valence-electron chi connectivity index (χ1n) is 9.79. The maximum Gasteiger partial charge on any atom is 0.289 e. The Kier molecular flexibility index (Phi) is 4.66. The minimum Gasteiger partial charge on any atom is -0.459 e. The number of hydrogen-bond donors (Lipinski definition) is 0. The van der Waals surface area contributed by atoms with Gasteiger partial charge in [0.15, 0.2) is 5.76 Å². The second-order valence-electron chi connectivity index (χ2n) is 8.30. The maximum atomic E-state index is 12.6. The third-order valence-electron chi connectivity index (χ3n) is 6.44. The van der Waals surface area contributed by atoms with E-state index < -0.39 is 0 Å². The molecule has 4 nitrogen and oxygen atoms in total. The van der Waals surface area contributed by atoms with E-state index in [9.17, 15) is 4.79 Å². The Morgan fingerprint density at radius 3 is 2.79 bits per heavy atom. The normalized spacial score (nSPS) is 29.4. The zero-order chi connectivity index (χ0) is 16.4. The summed E-state index contributed by atoms with van der Waals surface area (Å²) < 4.78 is 5.30. The average molecular weight is 330 g/mol. The number of hydrogen-bond acceptors (Lipinski definition) is 3. The molecule has 4 rings (SSSR count). The molecule has 132 valence electrons. The van der Waals surface area contributed by atoms with Crippen LogP contribution in [0.4, 0.5) is 0 Å². The van der Waals surface area contributed by atoms with Crippen molar-refractivity contribution in [3.8, 4) is 0 Å². The zero-order valence-electron chi connectivity index (χ0n) is 14.7. The van der Waals surface area contributed by atoms with Crippen LogP contribution in [-0.2, 0) is 0 Å². The van der Waals surface area contributed by atoms with E-state index in [1.807, 2.05) is 4.90 Å². The second kappa shape index (κ2) is 6.91. The van der Waals surface area contributed by atoms with Gasteiger partial charge >= 0.3 is 0 Å².